The molecular weight excluding hydrogens is 378 g/mol. The Labute approximate surface area is 165 Å². The van der Waals surface area contributed by atoms with Crippen LogP contribution < -0.4 is 5.32 Å². The molecule has 138 valence electrons. The first-order valence-electron chi connectivity index (χ1n) is 8.36. The van der Waals surface area contributed by atoms with Crippen LogP contribution in [-0.2, 0) is 0 Å². The van der Waals surface area contributed by atoms with Crippen molar-refractivity contribution in [1.82, 2.24) is 20.6 Å². The summed E-state index contributed by atoms with van der Waals surface area (Å²) in [6, 6.07) is 18.0. The van der Waals surface area contributed by atoms with Crippen molar-refractivity contribution in [2.45, 2.75) is 0 Å². The number of halogens is 1. The molecule has 2 N–H and O–H groups in total. The molecule has 0 aliphatic carbocycles. The second-order valence-electron chi connectivity index (χ2n) is 5.87. The van der Waals surface area contributed by atoms with Crippen molar-refractivity contribution in [1.29, 1.82) is 0 Å². The van der Waals surface area contributed by atoms with Crippen LogP contribution in [0, 0.1) is 0 Å². The number of amides is 1. The molecule has 0 saturated carbocycles. The standard InChI is InChI=1S/C20H14ClN5O2/c21-15-5-2-4-14(12-15)17-8-9-18(28-17)20(27)22-16-6-1-3-13(11-16)7-10-19-23-25-26-24-19/h1-12H,(H,22,27)(H,23,24,25,26)/b10-7+. The van der Waals surface area contributed by atoms with Gasteiger partial charge in [0.05, 0.1) is 0 Å². The van der Waals surface area contributed by atoms with E-state index in [1.54, 1.807) is 36.4 Å². The Morgan fingerprint density at radius 1 is 1.07 bits per heavy atom. The third-order valence-electron chi connectivity index (χ3n) is 3.88. The molecule has 4 rings (SSSR count). The molecule has 0 radical (unpaired) electrons. The van der Waals surface area contributed by atoms with E-state index in [1.165, 1.54) is 0 Å². The van der Waals surface area contributed by atoms with Crippen molar-refractivity contribution in [2.24, 2.45) is 0 Å². The number of nitrogens with one attached hydrogen (secondary N) is 2. The number of aromatic nitrogens is 4. The lowest BCUT2D eigenvalue weighted by Gasteiger charge is -2.04. The summed E-state index contributed by atoms with van der Waals surface area (Å²) < 4.78 is 5.67. The van der Waals surface area contributed by atoms with Gasteiger partial charge in [-0.1, -0.05) is 41.9 Å². The van der Waals surface area contributed by atoms with E-state index in [2.05, 4.69) is 25.9 Å². The highest BCUT2D eigenvalue weighted by Crippen LogP contribution is 2.25. The second-order valence-corrected chi connectivity index (χ2v) is 6.31. The normalized spacial score (nSPS) is 11.0. The zero-order valence-electron chi connectivity index (χ0n) is 14.5. The lowest BCUT2D eigenvalue weighted by atomic mass is 10.2. The summed E-state index contributed by atoms with van der Waals surface area (Å²) in [4.78, 5) is 12.5. The summed E-state index contributed by atoms with van der Waals surface area (Å²) in [5, 5.41) is 16.9. The minimum absolute atomic E-state index is 0.212. The smallest absolute Gasteiger partial charge is 0.291 e. The highest BCUT2D eigenvalue weighted by Gasteiger charge is 2.13. The molecule has 0 atom stereocenters. The van der Waals surface area contributed by atoms with Gasteiger partial charge in [-0.15, -0.1) is 5.10 Å². The highest BCUT2D eigenvalue weighted by atomic mass is 35.5. The Bertz CT molecular complexity index is 1130. The van der Waals surface area contributed by atoms with Gasteiger partial charge in [0.2, 0.25) is 0 Å². The second kappa shape index (κ2) is 7.89. The Balaban J connectivity index is 1.47. The summed E-state index contributed by atoms with van der Waals surface area (Å²) in [5.41, 5.74) is 2.33. The van der Waals surface area contributed by atoms with Gasteiger partial charge in [-0.3, -0.25) is 4.79 Å². The SMILES string of the molecule is O=C(Nc1cccc(/C=C/c2nnn[nH]2)c1)c1ccc(-c2cccc(Cl)c2)o1. The number of hydrogen-bond donors (Lipinski definition) is 2. The van der Waals surface area contributed by atoms with Crippen molar-refractivity contribution >= 4 is 35.3 Å². The number of benzene rings is 2. The van der Waals surface area contributed by atoms with E-state index in [-0.39, 0.29) is 11.7 Å². The molecule has 0 fully saturated rings. The Morgan fingerprint density at radius 2 is 1.96 bits per heavy atom. The maximum absolute atomic E-state index is 12.5. The average Bonchev–Trinajstić information content (AvgIpc) is 3.39. The van der Waals surface area contributed by atoms with E-state index in [1.807, 2.05) is 36.4 Å². The number of H-pyrrole nitrogens is 1. The van der Waals surface area contributed by atoms with Crippen LogP contribution in [0.4, 0.5) is 5.69 Å². The number of carbonyl (C=O) groups excluding carboxylic acids is 1. The Morgan fingerprint density at radius 3 is 2.79 bits per heavy atom. The summed E-state index contributed by atoms with van der Waals surface area (Å²) in [6.07, 6.45) is 3.58. The zero-order valence-corrected chi connectivity index (χ0v) is 15.2. The van der Waals surface area contributed by atoms with Crippen LogP contribution in [0.5, 0.6) is 0 Å². The zero-order chi connectivity index (χ0) is 19.3. The van der Waals surface area contributed by atoms with Gasteiger partial charge >= 0.3 is 0 Å². The number of tetrazole rings is 1. The van der Waals surface area contributed by atoms with Crippen LogP contribution in [0.25, 0.3) is 23.5 Å². The van der Waals surface area contributed by atoms with E-state index in [0.29, 0.717) is 22.3 Å². The number of nitrogens with zero attached hydrogens (tertiary/aromatic N) is 3. The van der Waals surface area contributed by atoms with E-state index in [0.717, 1.165) is 11.1 Å². The minimum Gasteiger partial charge on any atom is -0.451 e. The van der Waals surface area contributed by atoms with E-state index >= 15 is 0 Å². The average molecular weight is 392 g/mol. The molecular formula is C20H14ClN5O2. The summed E-state index contributed by atoms with van der Waals surface area (Å²) >= 11 is 6.01. The lowest BCUT2D eigenvalue weighted by Crippen LogP contribution is -2.10. The molecule has 2 aromatic carbocycles. The molecule has 4 aromatic rings. The van der Waals surface area contributed by atoms with Gasteiger partial charge in [-0.25, -0.2) is 5.10 Å². The van der Waals surface area contributed by atoms with Gasteiger partial charge < -0.3 is 9.73 Å². The van der Waals surface area contributed by atoms with Gasteiger partial charge in [-0.2, -0.15) is 0 Å². The highest BCUT2D eigenvalue weighted by molar-refractivity contribution is 6.30. The van der Waals surface area contributed by atoms with Gasteiger partial charge in [-0.05, 0) is 58.5 Å². The van der Waals surface area contributed by atoms with Crippen LogP contribution in [-0.4, -0.2) is 26.5 Å². The van der Waals surface area contributed by atoms with Gasteiger partial charge in [0.15, 0.2) is 11.6 Å². The first-order valence-corrected chi connectivity index (χ1v) is 8.74. The van der Waals surface area contributed by atoms with E-state index in [4.69, 9.17) is 16.0 Å². The molecule has 0 spiro atoms. The fourth-order valence-electron chi connectivity index (χ4n) is 2.58. The molecule has 28 heavy (non-hydrogen) atoms. The van der Waals surface area contributed by atoms with Crippen molar-refractivity contribution in [2.75, 3.05) is 5.32 Å². The number of rotatable bonds is 5. The van der Waals surface area contributed by atoms with Crippen molar-refractivity contribution in [3.05, 3.63) is 82.8 Å². The summed E-state index contributed by atoms with van der Waals surface area (Å²) in [6.45, 7) is 0. The van der Waals surface area contributed by atoms with Crippen LogP contribution in [0.3, 0.4) is 0 Å². The van der Waals surface area contributed by atoms with E-state index < -0.39 is 0 Å². The maximum Gasteiger partial charge on any atom is 0.291 e. The van der Waals surface area contributed by atoms with Gasteiger partial charge in [0.25, 0.3) is 5.91 Å². The van der Waals surface area contributed by atoms with Crippen molar-refractivity contribution in [3.8, 4) is 11.3 Å². The quantitative estimate of drug-likeness (QED) is 0.520. The minimum atomic E-state index is -0.339. The summed E-state index contributed by atoms with van der Waals surface area (Å²) in [5.74, 6) is 0.987. The molecule has 0 aliphatic rings. The van der Waals surface area contributed by atoms with Crippen molar-refractivity contribution in [3.63, 3.8) is 0 Å². The molecule has 0 unspecified atom stereocenters. The number of anilines is 1. The number of aromatic amines is 1. The Hall–Kier alpha value is -3.71. The van der Waals surface area contributed by atoms with Gasteiger partial charge in [0, 0.05) is 16.3 Å². The van der Waals surface area contributed by atoms with Crippen LogP contribution >= 0.6 is 11.6 Å². The maximum atomic E-state index is 12.5. The van der Waals surface area contributed by atoms with Crippen LogP contribution in [0.2, 0.25) is 5.02 Å². The molecule has 8 heteroatoms. The molecule has 7 nitrogen and oxygen atoms in total. The topological polar surface area (TPSA) is 96.7 Å². The van der Waals surface area contributed by atoms with Crippen LogP contribution in [0.15, 0.2) is 65.1 Å². The third kappa shape index (κ3) is 4.16. The fraction of sp³-hybridized carbons (Fsp3) is 0. The monoisotopic (exact) mass is 391 g/mol. The first-order chi connectivity index (χ1) is 13.7. The molecule has 0 aliphatic heterocycles. The molecule has 0 bridgehead atoms. The molecule has 0 saturated heterocycles. The Kier molecular flexibility index (Phi) is 4.99. The largest absolute Gasteiger partial charge is 0.451 e. The lowest BCUT2D eigenvalue weighted by molar-refractivity contribution is 0.0997. The van der Waals surface area contributed by atoms with Crippen LogP contribution in [0.1, 0.15) is 21.9 Å². The van der Waals surface area contributed by atoms with E-state index in [9.17, 15) is 4.79 Å². The number of carbonyl (C=O) groups is 1. The van der Waals surface area contributed by atoms with Gasteiger partial charge in [0.1, 0.15) is 5.76 Å². The number of hydrogen-bond acceptors (Lipinski definition) is 5. The predicted molar refractivity (Wildman–Crippen MR) is 107 cm³/mol. The molecule has 2 aromatic heterocycles. The van der Waals surface area contributed by atoms with Crippen molar-refractivity contribution < 1.29 is 9.21 Å². The molecule has 1 amide bonds. The molecule has 2 heterocycles. The first kappa shape index (κ1) is 17.7. The number of furan rings is 1. The predicted octanol–water partition coefficient (Wildman–Crippen LogP) is 4.54. The fourth-order valence-corrected chi connectivity index (χ4v) is 2.77. The third-order valence-corrected chi connectivity index (χ3v) is 4.11. The summed E-state index contributed by atoms with van der Waals surface area (Å²) in [7, 11) is 0.